The highest BCUT2D eigenvalue weighted by Gasteiger charge is 2.27. The number of halogens is 1. The number of sulfonamides is 1. The van der Waals surface area contributed by atoms with Gasteiger partial charge in [0.1, 0.15) is 12.3 Å². The highest BCUT2D eigenvalue weighted by atomic mass is 35.5. The van der Waals surface area contributed by atoms with Crippen LogP contribution in [0, 0.1) is 10.1 Å². The number of methoxy groups -OCH3 is 1. The number of rotatable bonds is 9. The monoisotopic (exact) mass is 502 g/mol. The van der Waals surface area contributed by atoms with Crippen molar-refractivity contribution in [3.63, 3.8) is 0 Å². The first-order valence-electron chi connectivity index (χ1n) is 9.70. The lowest BCUT2D eigenvalue weighted by molar-refractivity contribution is -0.385. The number of amides is 1. The number of nitro benzene ring substituents is 1. The standard InChI is InChI=1S/C22H19ClN4O6S/c1-33-21-12-11-17(13-19(21)23)26(34(31,32)18-8-3-2-4-9-18)15-22(28)25-24-14-16-7-5-6-10-20(16)27(29)30/h2-14H,15H2,1H3,(H,25,28)/b24-14-. The summed E-state index contributed by atoms with van der Waals surface area (Å²) in [5.41, 5.74) is 2.31. The highest BCUT2D eigenvalue weighted by molar-refractivity contribution is 7.92. The molecule has 10 nitrogen and oxygen atoms in total. The van der Waals surface area contributed by atoms with Crippen molar-refractivity contribution < 1.29 is 22.9 Å². The molecule has 176 valence electrons. The Hall–Kier alpha value is -3.96. The molecular weight excluding hydrogens is 484 g/mol. The van der Waals surface area contributed by atoms with Crippen LogP contribution in [0.2, 0.25) is 5.02 Å². The zero-order valence-electron chi connectivity index (χ0n) is 17.8. The molecule has 0 aromatic heterocycles. The molecule has 0 aliphatic carbocycles. The van der Waals surface area contributed by atoms with Crippen LogP contribution < -0.4 is 14.5 Å². The minimum Gasteiger partial charge on any atom is -0.495 e. The number of anilines is 1. The quantitative estimate of drug-likeness (QED) is 0.270. The fraction of sp³-hybridized carbons (Fsp3) is 0.0909. The van der Waals surface area contributed by atoms with Crippen molar-refractivity contribution in [1.82, 2.24) is 5.43 Å². The number of nitro groups is 1. The SMILES string of the molecule is COc1ccc(N(CC(=O)N/N=C\c2ccccc2[N+](=O)[O-])S(=O)(=O)c2ccccc2)cc1Cl. The molecule has 0 saturated heterocycles. The normalized spacial score (nSPS) is 11.2. The van der Waals surface area contributed by atoms with E-state index >= 15 is 0 Å². The van der Waals surface area contributed by atoms with Crippen LogP contribution in [0.15, 0.2) is 82.8 Å². The van der Waals surface area contributed by atoms with Gasteiger partial charge in [0, 0.05) is 6.07 Å². The second kappa shape index (κ2) is 10.8. The van der Waals surface area contributed by atoms with E-state index in [1.807, 2.05) is 0 Å². The molecule has 0 aliphatic heterocycles. The summed E-state index contributed by atoms with van der Waals surface area (Å²) in [5, 5.41) is 15.0. The Morgan fingerprint density at radius 3 is 2.47 bits per heavy atom. The average Bonchev–Trinajstić information content (AvgIpc) is 2.83. The number of hydrogen-bond donors (Lipinski definition) is 1. The summed E-state index contributed by atoms with van der Waals surface area (Å²) < 4.78 is 32.6. The summed E-state index contributed by atoms with van der Waals surface area (Å²) >= 11 is 6.17. The predicted octanol–water partition coefficient (Wildman–Crippen LogP) is 3.60. The molecule has 0 saturated carbocycles. The van der Waals surface area contributed by atoms with Crippen LogP contribution in [-0.2, 0) is 14.8 Å². The van der Waals surface area contributed by atoms with E-state index in [4.69, 9.17) is 16.3 Å². The molecule has 3 aromatic rings. The Balaban J connectivity index is 1.88. The van der Waals surface area contributed by atoms with Crippen molar-refractivity contribution in [1.29, 1.82) is 0 Å². The fourth-order valence-corrected chi connectivity index (χ4v) is 4.63. The Labute approximate surface area is 200 Å². The van der Waals surface area contributed by atoms with E-state index in [1.54, 1.807) is 24.3 Å². The molecule has 0 heterocycles. The zero-order valence-corrected chi connectivity index (χ0v) is 19.4. The molecule has 1 N–H and O–H groups in total. The summed E-state index contributed by atoms with van der Waals surface area (Å²) in [6, 6.07) is 17.7. The minimum atomic E-state index is -4.15. The third kappa shape index (κ3) is 5.69. The van der Waals surface area contributed by atoms with Gasteiger partial charge in [-0.15, -0.1) is 0 Å². The van der Waals surface area contributed by atoms with E-state index in [9.17, 15) is 23.3 Å². The number of ether oxygens (including phenoxy) is 1. The first kappa shape index (κ1) is 24.7. The number of hydrazone groups is 1. The second-order valence-corrected chi connectivity index (χ2v) is 9.02. The summed E-state index contributed by atoms with van der Waals surface area (Å²) in [6.07, 6.45) is 1.11. The largest absolute Gasteiger partial charge is 0.495 e. The van der Waals surface area contributed by atoms with Gasteiger partial charge in [0.15, 0.2) is 0 Å². The number of hydrogen-bond acceptors (Lipinski definition) is 7. The Kier molecular flexibility index (Phi) is 7.82. The van der Waals surface area contributed by atoms with E-state index in [2.05, 4.69) is 10.5 Å². The maximum Gasteiger partial charge on any atom is 0.278 e. The van der Waals surface area contributed by atoms with Crippen molar-refractivity contribution >= 4 is 45.1 Å². The molecule has 1 amide bonds. The van der Waals surface area contributed by atoms with E-state index < -0.39 is 27.4 Å². The van der Waals surface area contributed by atoms with Gasteiger partial charge >= 0.3 is 0 Å². The lowest BCUT2D eigenvalue weighted by atomic mass is 10.2. The van der Waals surface area contributed by atoms with Crippen LogP contribution in [0.1, 0.15) is 5.56 Å². The van der Waals surface area contributed by atoms with E-state index in [1.165, 1.54) is 55.6 Å². The molecule has 0 atom stereocenters. The maximum atomic E-state index is 13.3. The molecule has 0 fully saturated rings. The van der Waals surface area contributed by atoms with Crippen molar-refractivity contribution in [2.45, 2.75) is 4.90 Å². The third-order valence-electron chi connectivity index (χ3n) is 4.57. The number of carbonyl (C=O) groups excluding carboxylic acids is 1. The molecule has 0 bridgehead atoms. The number of nitrogens with one attached hydrogen (secondary N) is 1. The van der Waals surface area contributed by atoms with E-state index in [0.29, 0.717) is 5.75 Å². The average molecular weight is 503 g/mol. The molecule has 12 heteroatoms. The molecular formula is C22H19ClN4O6S. The Morgan fingerprint density at radius 1 is 1.15 bits per heavy atom. The summed E-state index contributed by atoms with van der Waals surface area (Å²) in [7, 11) is -2.73. The van der Waals surface area contributed by atoms with Gasteiger partial charge in [0.2, 0.25) is 0 Å². The van der Waals surface area contributed by atoms with Gasteiger partial charge in [0.25, 0.3) is 21.6 Å². The van der Waals surface area contributed by atoms with Gasteiger partial charge < -0.3 is 4.74 Å². The third-order valence-corrected chi connectivity index (χ3v) is 6.65. The van der Waals surface area contributed by atoms with E-state index in [-0.39, 0.29) is 26.9 Å². The zero-order chi connectivity index (χ0) is 24.7. The molecule has 0 aliphatic rings. The van der Waals surface area contributed by atoms with Gasteiger partial charge in [-0.05, 0) is 36.4 Å². The maximum absolute atomic E-state index is 13.3. The molecule has 34 heavy (non-hydrogen) atoms. The lowest BCUT2D eigenvalue weighted by Gasteiger charge is -2.24. The number of nitrogens with zero attached hydrogens (tertiary/aromatic N) is 3. The Bertz CT molecular complexity index is 1330. The molecule has 0 unspecified atom stereocenters. The smallest absolute Gasteiger partial charge is 0.278 e. The van der Waals surface area contributed by atoms with Gasteiger partial charge in [-0.2, -0.15) is 5.10 Å². The minimum absolute atomic E-state index is 0.0295. The summed E-state index contributed by atoms with van der Waals surface area (Å²) in [4.78, 5) is 23.1. The van der Waals surface area contributed by atoms with E-state index in [0.717, 1.165) is 10.5 Å². The number of para-hydroxylation sites is 1. The number of carbonyl (C=O) groups is 1. The van der Waals surface area contributed by atoms with Gasteiger partial charge in [-0.1, -0.05) is 41.9 Å². The molecule has 0 spiro atoms. The van der Waals surface area contributed by atoms with Crippen LogP contribution in [0.4, 0.5) is 11.4 Å². The van der Waals surface area contributed by atoms with Crippen LogP contribution >= 0.6 is 11.6 Å². The molecule has 3 rings (SSSR count). The van der Waals surface area contributed by atoms with Gasteiger partial charge in [0.05, 0.1) is 39.4 Å². The predicted molar refractivity (Wildman–Crippen MR) is 128 cm³/mol. The van der Waals surface area contributed by atoms with Crippen molar-refractivity contribution in [2.75, 3.05) is 18.0 Å². The second-order valence-electron chi connectivity index (χ2n) is 6.75. The van der Waals surface area contributed by atoms with Crippen LogP contribution in [0.5, 0.6) is 5.75 Å². The lowest BCUT2D eigenvalue weighted by Crippen LogP contribution is -2.39. The van der Waals surface area contributed by atoms with Gasteiger partial charge in [-0.3, -0.25) is 19.2 Å². The molecule has 0 radical (unpaired) electrons. The van der Waals surface area contributed by atoms with Crippen LogP contribution in [-0.4, -0.2) is 39.1 Å². The van der Waals surface area contributed by atoms with Crippen LogP contribution in [0.25, 0.3) is 0 Å². The first-order valence-corrected chi connectivity index (χ1v) is 11.5. The first-order chi connectivity index (χ1) is 16.2. The van der Waals surface area contributed by atoms with Crippen molar-refractivity contribution in [3.8, 4) is 5.75 Å². The topological polar surface area (TPSA) is 131 Å². The van der Waals surface area contributed by atoms with Crippen molar-refractivity contribution in [2.24, 2.45) is 5.10 Å². The number of benzene rings is 3. The Morgan fingerprint density at radius 2 is 1.82 bits per heavy atom. The van der Waals surface area contributed by atoms with Crippen LogP contribution in [0.3, 0.4) is 0 Å². The highest BCUT2D eigenvalue weighted by Crippen LogP contribution is 2.31. The molecule has 3 aromatic carbocycles. The van der Waals surface area contributed by atoms with Crippen molar-refractivity contribution in [3.05, 3.63) is 93.5 Å². The van der Waals surface area contributed by atoms with Gasteiger partial charge in [-0.25, -0.2) is 13.8 Å². The summed E-state index contributed by atoms with van der Waals surface area (Å²) in [5.74, 6) is -0.442. The fourth-order valence-electron chi connectivity index (χ4n) is 2.95. The summed E-state index contributed by atoms with van der Waals surface area (Å²) in [6.45, 7) is -0.631.